The van der Waals surface area contributed by atoms with Gasteiger partial charge in [-0.1, -0.05) is 6.07 Å². The van der Waals surface area contributed by atoms with E-state index < -0.39 is 0 Å². The second-order valence-electron chi connectivity index (χ2n) is 3.75. The lowest BCUT2D eigenvalue weighted by Crippen LogP contribution is -2.36. The molecule has 0 amide bonds. The zero-order valence-corrected chi connectivity index (χ0v) is 10.3. The average Bonchev–Trinajstić information content (AvgIpc) is 2.38. The summed E-state index contributed by atoms with van der Waals surface area (Å²) < 4.78 is 10.4. The molecule has 1 aromatic carbocycles. The third-order valence-electron chi connectivity index (χ3n) is 2.45. The Bertz CT molecular complexity index is 345. The lowest BCUT2D eigenvalue weighted by atomic mass is 10.2. The molecule has 0 aliphatic carbocycles. The third kappa shape index (κ3) is 4.22. The standard InChI is InChI=1S/C12H20N2O3/c1-16-11-4-3-9(12(5-11)17-2)6-14-7-10(13)8-15/h3-5,10,14-15H,6-8,13H2,1-2H3. The van der Waals surface area contributed by atoms with Crippen LogP contribution in [0, 0.1) is 0 Å². The van der Waals surface area contributed by atoms with Crippen molar-refractivity contribution in [3.63, 3.8) is 0 Å². The van der Waals surface area contributed by atoms with Gasteiger partial charge in [-0.25, -0.2) is 0 Å². The molecule has 1 atom stereocenters. The van der Waals surface area contributed by atoms with E-state index in [-0.39, 0.29) is 12.6 Å². The Morgan fingerprint density at radius 3 is 2.71 bits per heavy atom. The van der Waals surface area contributed by atoms with Gasteiger partial charge in [-0.3, -0.25) is 0 Å². The Kier molecular flexibility index (Phi) is 5.76. The molecule has 1 unspecified atom stereocenters. The van der Waals surface area contributed by atoms with E-state index in [4.69, 9.17) is 20.3 Å². The zero-order chi connectivity index (χ0) is 12.7. The summed E-state index contributed by atoms with van der Waals surface area (Å²) in [7, 11) is 3.24. The predicted octanol–water partition coefficient (Wildman–Crippen LogP) is 0.113. The first-order chi connectivity index (χ1) is 8.21. The van der Waals surface area contributed by atoms with Crippen molar-refractivity contribution < 1.29 is 14.6 Å². The summed E-state index contributed by atoms with van der Waals surface area (Å²) in [6.45, 7) is 1.18. The molecule has 0 saturated heterocycles. The van der Waals surface area contributed by atoms with E-state index in [0.29, 0.717) is 13.1 Å². The minimum atomic E-state index is -0.237. The van der Waals surface area contributed by atoms with Gasteiger partial charge in [-0.2, -0.15) is 0 Å². The highest BCUT2D eigenvalue weighted by Crippen LogP contribution is 2.24. The van der Waals surface area contributed by atoms with E-state index >= 15 is 0 Å². The summed E-state index contributed by atoms with van der Waals surface area (Å²) in [5.74, 6) is 1.53. The summed E-state index contributed by atoms with van der Waals surface area (Å²) in [6.07, 6.45) is 0. The van der Waals surface area contributed by atoms with Crippen LogP contribution in [0.4, 0.5) is 0 Å². The number of aliphatic hydroxyl groups is 1. The summed E-state index contributed by atoms with van der Waals surface area (Å²) in [6, 6.07) is 5.42. The monoisotopic (exact) mass is 240 g/mol. The number of rotatable bonds is 7. The van der Waals surface area contributed by atoms with Gasteiger partial charge in [0.15, 0.2) is 0 Å². The molecular formula is C12H20N2O3. The van der Waals surface area contributed by atoms with E-state index in [1.54, 1.807) is 14.2 Å². The number of ether oxygens (including phenoxy) is 2. The molecule has 0 aliphatic heterocycles. The quantitative estimate of drug-likeness (QED) is 0.631. The first kappa shape index (κ1) is 13.8. The molecular weight excluding hydrogens is 220 g/mol. The molecule has 0 saturated carbocycles. The highest BCUT2D eigenvalue weighted by Gasteiger charge is 2.05. The molecule has 0 bridgehead atoms. The highest BCUT2D eigenvalue weighted by molar-refractivity contribution is 5.40. The normalized spacial score (nSPS) is 12.2. The molecule has 0 aromatic heterocycles. The summed E-state index contributed by atoms with van der Waals surface area (Å²) in [5.41, 5.74) is 6.62. The number of nitrogens with two attached hydrogens (primary N) is 1. The molecule has 5 heteroatoms. The fourth-order valence-corrected chi connectivity index (χ4v) is 1.45. The number of methoxy groups -OCH3 is 2. The zero-order valence-electron chi connectivity index (χ0n) is 10.3. The van der Waals surface area contributed by atoms with Crippen LogP contribution in [0.5, 0.6) is 11.5 Å². The maximum absolute atomic E-state index is 8.79. The lowest BCUT2D eigenvalue weighted by molar-refractivity contribution is 0.262. The van der Waals surface area contributed by atoms with E-state index in [0.717, 1.165) is 17.1 Å². The fraction of sp³-hybridized carbons (Fsp3) is 0.500. The molecule has 0 radical (unpaired) electrons. The Balaban J connectivity index is 2.58. The van der Waals surface area contributed by atoms with Crippen molar-refractivity contribution in [2.75, 3.05) is 27.4 Å². The largest absolute Gasteiger partial charge is 0.497 e. The van der Waals surface area contributed by atoms with Crippen LogP contribution >= 0.6 is 0 Å². The van der Waals surface area contributed by atoms with Crippen LogP contribution in [0.15, 0.2) is 18.2 Å². The number of hydrogen-bond acceptors (Lipinski definition) is 5. The predicted molar refractivity (Wildman–Crippen MR) is 66.3 cm³/mol. The van der Waals surface area contributed by atoms with Crippen LogP contribution in [0.2, 0.25) is 0 Å². The fourth-order valence-electron chi connectivity index (χ4n) is 1.45. The van der Waals surface area contributed by atoms with Crippen molar-refractivity contribution in [1.82, 2.24) is 5.32 Å². The van der Waals surface area contributed by atoms with E-state index in [1.165, 1.54) is 0 Å². The van der Waals surface area contributed by atoms with Gasteiger partial charge in [0, 0.05) is 30.8 Å². The molecule has 1 rings (SSSR count). The van der Waals surface area contributed by atoms with Crippen molar-refractivity contribution in [2.45, 2.75) is 12.6 Å². The Labute approximate surface area is 102 Å². The first-order valence-corrected chi connectivity index (χ1v) is 5.49. The molecule has 0 heterocycles. The van der Waals surface area contributed by atoms with Crippen LogP contribution in [0.25, 0.3) is 0 Å². The maximum Gasteiger partial charge on any atom is 0.127 e. The molecule has 17 heavy (non-hydrogen) atoms. The average molecular weight is 240 g/mol. The first-order valence-electron chi connectivity index (χ1n) is 5.49. The molecule has 96 valence electrons. The van der Waals surface area contributed by atoms with Crippen molar-refractivity contribution >= 4 is 0 Å². The Morgan fingerprint density at radius 2 is 2.12 bits per heavy atom. The molecule has 0 aliphatic rings. The minimum Gasteiger partial charge on any atom is -0.497 e. The van der Waals surface area contributed by atoms with Crippen molar-refractivity contribution in [3.8, 4) is 11.5 Å². The van der Waals surface area contributed by atoms with Crippen molar-refractivity contribution in [3.05, 3.63) is 23.8 Å². The molecule has 1 aromatic rings. The van der Waals surface area contributed by atoms with Gasteiger partial charge in [-0.15, -0.1) is 0 Å². The van der Waals surface area contributed by atoms with Crippen LogP contribution in [0.1, 0.15) is 5.56 Å². The molecule has 0 fully saturated rings. The Hall–Kier alpha value is -1.30. The second-order valence-corrected chi connectivity index (χ2v) is 3.75. The van der Waals surface area contributed by atoms with E-state index in [1.807, 2.05) is 18.2 Å². The van der Waals surface area contributed by atoms with Gasteiger partial charge >= 0.3 is 0 Å². The topological polar surface area (TPSA) is 76.7 Å². The summed E-state index contributed by atoms with van der Waals surface area (Å²) in [5, 5.41) is 12.0. The minimum absolute atomic E-state index is 0.0211. The van der Waals surface area contributed by atoms with Gasteiger partial charge in [0.1, 0.15) is 11.5 Å². The maximum atomic E-state index is 8.79. The highest BCUT2D eigenvalue weighted by atomic mass is 16.5. The number of benzene rings is 1. The van der Waals surface area contributed by atoms with Crippen molar-refractivity contribution in [1.29, 1.82) is 0 Å². The van der Waals surface area contributed by atoms with Gasteiger partial charge in [0.05, 0.1) is 20.8 Å². The Morgan fingerprint density at radius 1 is 1.35 bits per heavy atom. The van der Waals surface area contributed by atoms with Gasteiger partial charge in [0.2, 0.25) is 0 Å². The van der Waals surface area contributed by atoms with Crippen LogP contribution < -0.4 is 20.5 Å². The SMILES string of the molecule is COc1ccc(CNCC(N)CO)c(OC)c1. The molecule has 5 nitrogen and oxygen atoms in total. The number of aliphatic hydroxyl groups excluding tert-OH is 1. The molecule has 0 spiro atoms. The van der Waals surface area contributed by atoms with Crippen LogP contribution in [0.3, 0.4) is 0 Å². The lowest BCUT2D eigenvalue weighted by Gasteiger charge is -2.13. The summed E-state index contributed by atoms with van der Waals surface area (Å²) >= 11 is 0. The molecule has 4 N–H and O–H groups in total. The second kappa shape index (κ2) is 7.11. The van der Waals surface area contributed by atoms with Gasteiger partial charge in [-0.05, 0) is 6.07 Å². The smallest absolute Gasteiger partial charge is 0.127 e. The van der Waals surface area contributed by atoms with Gasteiger partial charge < -0.3 is 25.6 Å². The van der Waals surface area contributed by atoms with Crippen molar-refractivity contribution in [2.24, 2.45) is 5.73 Å². The third-order valence-corrected chi connectivity index (χ3v) is 2.45. The van der Waals surface area contributed by atoms with Crippen LogP contribution in [-0.4, -0.2) is 38.5 Å². The number of nitrogens with one attached hydrogen (secondary N) is 1. The van der Waals surface area contributed by atoms with E-state index in [2.05, 4.69) is 5.32 Å². The van der Waals surface area contributed by atoms with Crippen LogP contribution in [-0.2, 0) is 6.54 Å². The van der Waals surface area contributed by atoms with E-state index in [9.17, 15) is 0 Å². The number of hydrogen-bond donors (Lipinski definition) is 3. The van der Waals surface area contributed by atoms with Gasteiger partial charge in [0.25, 0.3) is 0 Å². The summed E-state index contributed by atoms with van der Waals surface area (Å²) in [4.78, 5) is 0.